The first-order valence-corrected chi connectivity index (χ1v) is 10.9. The van der Waals surface area contributed by atoms with Gasteiger partial charge in [-0.2, -0.15) is 4.31 Å². The molecular weight excluding hydrogens is 368 g/mol. The Morgan fingerprint density at radius 3 is 2.52 bits per heavy atom. The molecule has 1 N–H and O–H groups in total. The summed E-state index contributed by atoms with van der Waals surface area (Å²) in [5.41, 5.74) is 0. The van der Waals surface area contributed by atoms with Crippen molar-refractivity contribution in [1.82, 2.24) is 9.62 Å². The molecule has 7 nitrogen and oxygen atoms in total. The van der Waals surface area contributed by atoms with E-state index in [-0.39, 0.29) is 17.4 Å². The lowest BCUT2D eigenvalue weighted by Gasteiger charge is -2.29. The van der Waals surface area contributed by atoms with Crippen molar-refractivity contribution >= 4 is 15.9 Å². The van der Waals surface area contributed by atoms with Gasteiger partial charge in [0.1, 0.15) is 5.75 Å². The second-order valence-electron chi connectivity index (χ2n) is 6.75. The third kappa shape index (κ3) is 6.79. The molecule has 1 saturated heterocycles. The molecule has 1 fully saturated rings. The summed E-state index contributed by atoms with van der Waals surface area (Å²) in [6.07, 6.45) is 2.53. The number of carbonyl (C=O) groups is 1. The highest BCUT2D eigenvalue weighted by Crippen LogP contribution is 2.24. The van der Waals surface area contributed by atoms with Crippen LogP contribution in [0.5, 0.6) is 5.75 Å². The molecule has 8 heteroatoms. The summed E-state index contributed by atoms with van der Waals surface area (Å²) in [6.45, 7) is 6.90. The van der Waals surface area contributed by atoms with Gasteiger partial charge in [-0.05, 0) is 56.4 Å². The standard InChI is InChI=1S/C19H30N2O5S/c1-3-25-14-4-11-20-19(22)15-26-17-5-7-18(8-6-17)27(23,24)21-12-9-16(2)10-13-21/h5-8,16H,3-4,9-15H2,1-2H3,(H,20,22). The van der Waals surface area contributed by atoms with Crippen molar-refractivity contribution in [2.45, 2.75) is 38.0 Å². The quantitative estimate of drug-likeness (QED) is 0.610. The number of ether oxygens (including phenoxy) is 2. The van der Waals surface area contributed by atoms with Gasteiger partial charge in [0.05, 0.1) is 4.90 Å². The van der Waals surface area contributed by atoms with Crippen molar-refractivity contribution in [2.24, 2.45) is 5.92 Å². The van der Waals surface area contributed by atoms with Gasteiger partial charge in [0.15, 0.2) is 6.61 Å². The molecule has 1 aromatic carbocycles. The van der Waals surface area contributed by atoms with E-state index < -0.39 is 10.0 Å². The van der Waals surface area contributed by atoms with Crippen molar-refractivity contribution in [2.75, 3.05) is 39.5 Å². The van der Waals surface area contributed by atoms with Crippen LogP contribution in [0.1, 0.15) is 33.1 Å². The molecule has 0 saturated carbocycles. The van der Waals surface area contributed by atoms with Crippen LogP contribution in [0.15, 0.2) is 29.2 Å². The van der Waals surface area contributed by atoms with Crippen LogP contribution in [-0.2, 0) is 19.6 Å². The molecule has 1 aromatic rings. The number of hydrogen-bond donors (Lipinski definition) is 1. The van der Waals surface area contributed by atoms with Crippen LogP contribution in [0.4, 0.5) is 0 Å². The SMILES string of the molecule is CCOCCCNC(=O)COc1ccc(S(=O)(=O)N2CCC(C)CC2)cc1. The van der Waals surface area contributed by atoms with Crippen LogP contribution in [0.2, 0.25) is 0 Å². The smallest absolute Gasteiger partial charge is 0.257 e. The summed E-state index contributed by atoms with van der Waals surface area (Å²) < 4.78 is 37.5. The normalized spacial score (nSPS) is 16.2. The van der Waals surface area contributed by atoms with E-state index in [9.17, 15) is 13.2 Å². The van der Waals surface area contributed by atoms with Crippen LogP contribution >= 0.6 is 0 Å². The van der Waals surface area contributed by atoms with Gasteiger partial charge >= 0.3 is 0 Å². The minimum atomic E-state index is -3.47. The molecule has 0 spiro atoms. The average molecular weight is 399 g/mol. The fourth-order valence-electron chi connectivity index (χ4n) is 2.83. The third-order valence-corrected chi connectivity index (χ3v) is 6.48. The maximum absolute atomic E-state index is 12.7. The Kier molecular flexibility index (Phi) is 8.53. The van der Waals surface area contributed by atoms with E-state index in [4.69, 9.17) is 9.47 Å². The molecule has 0 unspecified atom stereocenters. The largest absolute Gasteiger partial charge is 0.484 e. The van der Waals surface area contributed by atoms with E-state index in [2.05, 4.69) is 12.2 Å². The summed E-state index contributed by atoms with van der Waals surface area (Å²) in [7, 11) is -3.47. The molecule has 1 aliphatic heterocycles. The number of nitrogens with one attached hydrogen (secondary N) is 1. The number of sulfonamides is 1. The zero-order valence-electron chi connectivity index (χ0n) is 16.1. The Bertz CT molecular complexity index is 683. The van der Waals surface area contributed by atoms with Crippen LogP contribution < -0.4 is 10.1 Å². The summed E-state index contributed by atoms with van der Waals surface area (Å²) in [6, 6.07) is 6.23. The van der Waals surface area contributed by atoms with Gasteiger partial charge in [-0.1, -0.05) is 6.92 Å². The summed E-state index contributed by atoms with van der Waals surface area (Å²) in [5.74, 6) is 0.814. The first-order valence-electron chi connectivity index (χ1n) is 9.51. The lowest BCUT2D eigenvalue weighted by molar-refractivity contribution is -0.123. The maximum atomic E-state index is 12.7. The monoisotopic (exact) mass is 398 g/mol. The molecule has 0 bridgehead atoms. The number of rotatable bonds is 10. The van der Waals surface area contributed by atoms with E-state index >= 15 is 0 Å². The van der Waals surface area contributed by atoms with E-state index in [0.29, 0.717) is 44.5 Å². The molecule has 1 aliphatic rings. The number of piperidine rings is 1. The Labute approximate surface area is 162 Å². The van der Waals surface area contributed by atoms with Crippen molar-refractivity contribution in [1.29, 1.82) is 0 Å². The second-order valence-corrected chi connectivity index (χ2v) is 8.69. The molecule has 27 heavy (non-hydrogen) atoms. The van der Waals surface area contributed by atoms with Crippen LogP contribution in [0.3, 0.4) is 0 Å². The zero-order valence-corrected chi connectivity index (χ0v) is 17.0. The van der Waals surface area contributed by atoms with Gasteiger partial charge in [-0.3, -0.25) is 4.79 Å². The average Bonchev–Trinajstić information content (AvgIpc) is 2.67. The van der Waals surface area contributed by atoms with Crippen LogP contribution in [0.25, 0.3) is 0 Å². The molecular formula is C19H30N2O5S. The first kappa shape index (κ1) is 21.7. The summed E-state index contributed by atoms with van der Waals surface area (Å²) in [4.78, 5) is 12.0. The van der Waals surface area contributed by atoms with Crippen molar-refractivity contribution in [3.8, 4) is 5.75 Å². The Balaban J connectivity index is 1.80. The van der Waals surface area contributed by atoms with Gasteiger partial charge in [0.2, 0.25) is 10.0 Å². The summed E-state index contributed by atoms with van der Waals surface area (Å²) >= 11 is 0. The van der Waals surface area contributed by atoms with E-state index in [1.807, 2.05) is 6.92 Å². The van der Waals surface area contributed by atoms with Gasteiger partial charge in [0.25, 0.3) is 5.91 Å². The number of nitrogens with zero attached hydrogens (tertiary/aromatic N) is 1. The van der Waals surface area contributed by atoms with Gasteiger partial charge in [0, 0.05) is 32.8 Å². The predicted octanol–water partition coefficient (Wildman–Crippen LogP) is 2.03. The minimum absolute atomic E-state index is 0.106. The van der Waals surface area contributed by atoms with Crippen molar-refractivity contribution < 1.29 is 22.7 Å². The molecule has 0 radical (unpaired) electrons. The van der Waals surface area contributed by atoms with Crippen LogP contribution in [-0.4, -0.2) is 58.1 Å². The molecule has 152 valence electrons. The molecule has 0 atom stereocenters. The van der Waals surface area contributed by atoms with Gasteiger partial charge in [-0.25, -0.2) is 8.42 Å². The first-order chi connectivity index (χ1) is 12.9. The van der Waals surface area contributed by atoms with Crippen molar-refractivity contribution in [3.05, 3.63) is 24.3 Å². The number of hydrogen-bond acceptors (Lipinski definition) is 5. The van der Waals surface area contributed by atoms with Crippen LogP contribution in [0, 0.1) is 5.92 Å². The molecule has 1 heterocycles. The molecule has 2 rings (SSSR count). The van der Waals surface area contributed by atoms with E-state index in [0.717, 1.165) is 19.3 Å². The number of benzene rings is 1. The number of amides is 1. The highest BCUT2D eigenvalue weighted by atomic mass is 32.2. The Hall–Kier alpha value is -1.64. The fraction of sp³-hybridized carbons (Fsp3) is 0.632. The van der Waals surface area contributed by atoms with E-state index in [1.165, 1.54) is 12.1 Å². The maximum Gasteiger partial charge on any atom is 0.257 e. The minimum Gasteiger partial charge on any atom is -0.484 e. The Morgan fingerprint density at radius 2 is 1.89 bits per heavy atom. The fourth-order valence-corrected chi connectivity index (χ4v) is 4.30. The van der Waals surface area contributed by atoms with Gasteiger partial charge < -0.3 is 14.8 Å². The summed E-state index contributed by atoms with van der Waals surface area (Å²) in [5, 5.41) is 2.75. The topological polar surface area (TPSA) is 84.9 Å². The highest BCUT2D eigenvalue weighted by Gasteiger charge is 2.27. The Morgan fingerprint density at radius 1 is 1.22 bits per heavy atom. The van der Waals surface area contributed by atoms with Gasteiger partial charge in [-0.15, -0.1) is 0 Å². The van der Waals surface area contributed by atoms with Crippen molar-refractivity contribution in [3.63, 3.8) is 0 Å². The van der Waals surface area contributed by atoms with E-state index in [1.54, 1.807) is 16.4 Å². The highest BCUT2D eigenvalue weighted by molar-refractivity contribution is 7.89. The zero-order chi connectivity index (χ0) is 19.7. The third-order valence-electron chi connectivity index (χ3n) is 4.57. The lowest BCUT2D eigenvalue weighted by Crippen LogP contribution is -2.37. The number of carbonyl (C=O) groups excluding carboxylic acids is 1. The molecule has 1 amide bonds. The molecule has 0 aromatic heterocycles. The second kappa shape index (κ2) is 10.6. The predicted molar refractivity (Wildman–Crippen MR) is 103 cm³/mol. The molecule has 0 aliphatic carbocycles. The lowest BCUT2D eigenvalue weighted by atomic mass is 10.0.